The summed E-state index contributed by atoms with van der Waals surface area (Å²) >= 11 is 0. The average molecular weight is 603 g/mol. The van der Waals surface area contributed by atoms with Gasteiger partial charge in [-0.2, -0.15) is 31.3 Å². The van der Waals surface area contributed by atoms with Gasteiger partial charge in [-0.05, 0) is 42.3 Å². The summed E-state index contributed by atoms with van der Waals surface area (Å²) in [5.41, 5.74) is -1.19. The Kier molecular flexibility index (Phi) is 7.57. The smallest absolute Gasteiger partial charge is 0.416 e. The maximum atomic E-state index is 13.5. The number of para-hydroxylation sites is 2. The summed E-state index contributed by atoms with van der Waals surface area (Å²) in [5, 5.41) is 0. The van der Waals surface area contributed by atoms with E-state index in [9.17, 15) is 31.1 Å². The van der Waals surface area contributed by atoms with Crippen LogP contribution in [0.5, 0.6) is 0 Å². The molecule has 0 aliphatic carbocycles. The molecule has 0 N–H and O–H groups in total. The van der Waals surface area contributed by atoms with Crippen LogP contribution >= 0.6 is 0 Å². The Bertz CT molecular complexity index is 1530. The van der Waals surface area contributed by atoms with Gasteiger partial charge < -0.3 is 14.2 Å². The zero-order valence-electron chi connectivity index (χ0n) is 22.9. The van der Waals surface area contributed by atoms with Crippen molar-refractivity contribution in [2.75, 3.05) is 44.2 Å². The fourth-order valence-electron chi connectivity index (χ4n) is 6.09. The topological polar surface area (TPSA) is 52.8 Å². The first-order chi connectivity index (χ1) is 20.5. The summed E-state index contributed by atoms with van der Waals surface area (Å²) < 4.78 is 86.7. The van der Waals surface area contributed by atoms with Crippen molar-refractivity contribution in [1.29, 1.82) is 0 Å². The van der Waals surface area contributed by atoms with Crippen molar-refractivity contribution in [3.63, 3.8) is 0 Å². The van der Waals surface area contributed by atoms with E-state index in [-0.39, 0.29) is 31.1 Å². The lowest BCUT2D eigenvalue weighted by Crippen LogP contribution is -2.56. The molecule has 2 atom stereocenters. The third-order valence-corrected chi connectivity index (χ3v) is 8.26. The van der Waals surface area contributed by atoms with Gasteiger partial charge in [-0.15, -0.1) is 0 Å². The molecule has 0 unspecified atom stereocenters. The van der Waals surface area contributed by atoms with Gasteiger partial charge in [0.1, 0.15) is 5.52 Å². The molecule has 226 valence electrons. The summed E-state index contributed by atoms with van der Waals surface area (Å²) in [6.07, 6.45) is -9.55. The summed E-state index contributed by atoms with van der Waals surface area (Å²) in [6.45, 7) is 3.09. The van der Waals surface area contributed by atoms with Crippen LogP contribution in [0, 0.1) is 0 Å². The summed E-state index contributed by atoms with van der Waals surface area (Å²) in [6, 6.07) is 18.7. The molecule has 2 aliphatic heterocycles. The number of hydrogen-bond donors (Lipinski definition) is 0. The molecule has 12 heteroatoms. The molecule has 6 nitrogen and oxygen atoms in total. The van der Waals surface area contributed by atoms with Crippen LogP contribution in [0.2, 0.25) is 0 Å². The van der Waals surface area contributed by atoms with Crippen molar-refractivity contribution in [2.45, 2.75) is 30.7 Å². The van der Waals surface area contributed by atoms with E-state index in [0.29, 0.717) is 56.3 Å². The normalized spacial score (nSPS) is 20.5. The van der Waals surface area contributed by atoms with Crippen LogP contribution in [0.3, 0.4) is 0 Å². The van der Waals surface area contributed by atoms with Crippen LogP contribution in [-0.4, -0.2) is 66.0 Å². The first-order valence-electron chi connectivity index (χ1n) is 14.0. The van der Waals surface area contributed by atoms with Crippen molar-refractivity contribution >= 4 is 23.0 Å². The van der Waals surface area contributed by atoms with Gasteiger partial charge in [-0.1, -0.05) is 42.5 Å². The van der Waals surface area contributed by atoms with E-state index in [2.05, 4.69) is 14.8 Å². The van der Waals surface area contributed by atoms with Crippen molar-refractivity contribution < 1.29 is 35.6 Å². The minimum Gasteiger partial charge on any atom is -0.423 e. The number of likely N-dealkylation sites (tertiary alicyclic amines) is 1. The summed E-state index contributed by atoms with van der Waals surface area (Å²) in [5.74, 6) is -1.04. The third kappa shape index (κ3) is 6.06. The number of piperazine rings is 1. The number of oxazole rings is 1. The van der Waals surface area contributed by atoms with Crippen molar-refractivity contribution in [1.82, 2.24) is 14.8 Å². The van der Waals surface area contributed by atoms with Gasteiger partial charge in [0, 0.05) is 56.8 Å². The lowest BCUT2D eigenvalue weighted by atomic mass is 9.84. The van der Waals surface area contributed by atoms with E-state index < -0.39 is 35.0 Å². The lowest BCUT2D eigenvalue weighted by molar-refractivity contribution is -0.143. The van der Waals surface area contributed by atoms with E-state index >= 15 is 0 Å². The Labute approximate surface area is 243 Å². The summed E-state index contributed by atoms with van der Waals surface area (Å²) in [7, 11) is 0. The molecule has 6 rings (SSSR count). The quantitative estimate of drug-likeness (QED) is 0.244. The molecule has 1 aromatic heterocycles. The van der Waals surface area contributed by atoms with Crippen LogP contribution in [0.25, 0.3) is 11.1 Å². The lowest BCUT2D eigenvalue weighted by Gasteiger charge is -2.46. The largest absolute Gasteiger partial charge is 0.423 e. The van der Waals surface area contributed by atoms with Crippen molar-refractivity contribution in [3.05, 3.63) is 95.1 Å². The second-order valence-electron chi connectivity index (χ2n) is 10.9. The number of piperidine rings is 1. The first kappa shape index (κ1) is 29.0. The molecular formula is C31H28F6N4O2. The molecular weight excluding hydrogens is 574 g/mol. The molecule has 0 spiro atoms. The molecule has 0 bridgehead atoms. The molecule has 43 heavy (non-hydrogen) atoms. The van der Waals surface area contributed by atoms with E-state index in [0.717, 1.165) is 11.1 Å². The number of hydrogen-bond acceptors (Lipinski definition) is 5. The number of fused-ring (bicyclic) bond motifs is 1. The predicted molar refractivity (Wildman–Crippen MR) is 148 cm³/mol. The number of benzene rings is 3. The average Bonchev–Trinajstić information content (AvgIpc) is 3.44. The van der Waals surface area contributed by atoms with Gasteiger partial charge in [0.2, 0.25) is 0 Å². The number of carbonyl (C=O) groups excluding carboxylic acids is 1. The van der Waals surface area contributed by atoms with Gasteiger partial charge in [0.25, 0.3) is 11.9 Å². The van der Waals surface area contributed by atoms with E-state index in [4.69, 9.17) is 4.42 Å². The zero-order valence-corrected chi connectivity index (χ0v) is 22.9. The van der Waals surface area contributed by atoms with Gasteiger partial charge >= 0.3 is 12.4 Å². The van der Waals surface area contributed by atoms with Crippen LogP contribution in [-0.2, 0) is 12.4 Å². The Balaban J connectivity index is 1.22. The number of amides is 1. The Morgan fingerprint density at radius 3 is 2.05 bits per heavy atom. The highest BCUT2D eigenvalue weighted by Crippen LogP contribution is 2.38. The fraction of sp³-hybridized carbons (Fsp3) is 0.355. The highest BCUT2D eigenvalue weighted by Gasteiger charge is 2.40. The maximum Gasteiger partial charge on any atom is 0.416 e. The summed E-state index contributed by atoms with van der Waals surface area (Å²) in [4.78, 5) is 23.8. The number of anilines is 1. The van der Waals surface area contributed by atoms with Crippen molar-refractivity contribution in [3.8, 4) is 0 Å². The Morgan fingerprint density at radius 2 is 1.42 bits per heavy atom. The predicted octanol–water partition coefficient (Wildman–Crippen LogP) is 6.69. The second kappa shape index (κ2) is 11.2. The minimum absolute atomic E-state index is 0.0180. The minimum atomic E-state index is -5.03. The van der Waals surface area contributed by atoms with Gasteiger partial charge in [-0.3, -0.25) is 9.69 Å². The highest BCUT2D eigenvalue weighted by molar-refractivity contribution is 5.95. The molecule has 3 heterocycles. The molecule has 2 aliphatic rings. The van der Waals surface area contributed by atoms with E-state index in [1.807, 2.05) is 54.6 Å². The number of halogens is 6. The van der Waals surface area contributed by atoms with Gasteiger partial charge in [0.15, 0.2) is 5.58 Å². The fourth-order valence-corrected chi connectivity index (χ4v) is 6.09. The second-order valence-corrected chi connectivity index (χ2v) is 10.9. The molecule has 1 amide bonds. The van der Waals surface area contributed by atoms with Crippen molar-refractivity contribution in [2.24, 2.45) is 0 Å². The number of rotatable bonds is 4. The Hall–Kier alpha value is -4.06. The van der Waals surface area contributed by atoms with E-state index in [1.165, 1.54) is 4.90 Å². The number of nitrogens with zero attached hydrogens (tertiary/aromatic N) is 4. The van der Waals surface area contributed by atoms with Gasteiger partial charge in [-0.25, -0.2) is 0 Å². The monoisotopic (exact) mass is 602 g/mol. The number of carbonyl (C=O) groups is 1. The number of alkyl halides is 6. The number of aromatic nitrogens is 1. The molecule has 2 saturated heterocycles. The van der Waals surface area contributed by atoms with Crippen LogP contribution < -0.4 is 4.90 Å². The van der Waals surface area contributed by atoms with Crippen LogP contribution in [0.1, 0.15) is 39.4 Å². The molecule has 4 aromatic rings. The van der Waals surface area contributed by atoms with E-state index in [1.54, 1.807) is 0 Å². The molecule has 3 aromatic carbocycles. The highest BCUT2D eigenvalue weighted by atomic mass is 19.4. The van der Waals surface area contributed by atoms with Crippen LogP contribution in [0.4, 0.5) is 32.4 Å². The maximum absolute atomic E-state index is 13.5. The third-order valence-electron chi connectivity index (χ3n) is 8.26. The standard InChI is InChI=1S/C31H28F6N4O2/c32-30(33,34)22-16-21(17-23(18-22)31(35,36)37)28(42)41-11-10-26(24(19-41)20-6-2-1-3-7-20)39-12-14-40(15-13-39)29-38-25-8-4-5-9-27(25)43-29/h1-9,16-18,24,26H,10-15,19H2/t24-,26-/m0/s1. The molecule has 2 fully saturated rings. The SMILES string of the molecule is O=C(c1cc(C(F)(F)F)cc(C(F)(F)F)c1)N1CC[C@H](N2CCN(c3nc4ccccc4o3)CC2)[C@H](c2ccccc2)C1. The van der Waals surface area contributed by atoms with Gasteiger partial charge in [0.05, 0.1) is 11.1 Å². The Morgan fingerprint density at radius 1 is 0.791 bits per heavy atom. The first-order valence-corrected chi connectivity index (χ1v) is 14.0. The molecule has 0 saturated carbocycles. The van der Waals surface area contributed by atoms with Crippen LogP contribution in [0.15, 0.2) is 77.2 Å². The zero-order chi connectivity index (χ0) is 30.4. The molecule has 0 radical (unpaired) electrons.